The molecule has 1 N–H and O–H groups in total. The zero-order valence-corrected chi connectivity index (χ0v) is 30.2. The van der Waals surface area contributed by atoms with Crippen LogP contribution in [0.2, 0.25) is 0 Å². The van der Waals surface area contributed by atoms with Crippen molar-refractivity contribution in [2.24, 2.45) is 11.8 Å². The minimum Gasteiger partial charge on any atom is -0.512 e. The number of aromatic nitrogens is 2. The van der Waals surface area contributed by atoms with Crippen LogP contribution in [0.5, 0.6) is 0 Å². The fraction of sp³-hybridized carbons (Fsp3) is 0.275. The standard InChI is InChI=1S/C27H15N2S.C13H24O2.Ir/c1-15-10-21-18(14-29-15)6-7-19-20-8-9-28-27-23-11-16-4-2-3-5-17(16)12-24(23)30-25(26(20)27)13-22(19)21;1-5-10(6-2)12(14)9-13(15)11(7-3)8-4;/h2-10,12-14H,1H3;9-11,14H,5-8H2,1-4H3;/q-1;;/b;12-9-;. The fourth-order valence-electron chi connectivity index (χ4n) is 6.44. The molecule has 0 amide bonds. The number of ketones is 1. The molecule has 7 rings (SSSR count). The maximum Gasteiger partial charge on any atom is 0.162 e. The van der Waals surface area contributed by atoms with Gasteiger partial charge in [0, 0.05) is 72.1 Å². The summed E-state index contributed by atoms with van der Waals surface area (Å²) in [5, 5.41) is 19.6. The Bertz CT molecular complexity index is 2100. The van der Waals surface area contributed by atoms with Crippen molar-refractivity contribution < 1.29 is 30.0 Å². The van der Waals surface area contributed by atoms with E-state index in [1.165, 1.54) is 53.6 Å². The topological polar surface area (TPSA) is 63.1 Å². The molecule has 0 saturated carbocycles. The third-order valence-electron chi connectivity index (χ3n) is 9.14. The van der Waals surface area contributed by atoms with Gasteiger partial charge in [0.25, 0.3) is 0 Å². The molecule has 0 aliphatic carbocycles. The van der Waals surface area contributed by atoms with E-state index in [1.807, 2.05) is 51.9 Å². The molecule has 6 aromatic rings. The van der Waals surface area contributed by atoms with Crippen LogP contribution >= 0.6 is 11.8 Å². The average Bonchev–Trinajstić information content (AvgIpc) is 3.05. The molecule has 1 aliphatic rings. The van der Waals surface area contributed by atoms with Gasteiger partial charge in [-0.1, -0.05) is 69.0 Å². The van der Waals surface area contributed by atoms with E-state index in [1.54, 1.807) is 0 Å². The first-order valence-electron chi connectivity index (χ1n) is 16.0. The van der Waals surface area contributed by atoms with E-state index in [9.17, 15) is 9.90 Å². The number of hydrogen-bond acceptors (Lipinski definition) is 5. The van der Waals surface area contributed by atoms with Gasteiger partial charge in [0.05, 0.1) is 5.76 Å². The van der Waals surface area contributed by atoms with Crippen molar-refractivity contribution >= 4 is 60.6 Å². The third kappa shape index (κ3) is 6.36. The largest absolute Gasteiger partial charge is 0.512 e. The zero-order chi connectivity index (χ0) is 31.7. The van der Waals surface area contributed by atoms with Crippen LogP contribution in [0.15, 0.2) is 94.7 Å². The number of benzene rings is 4. The Morgan fingerprint density at radius 1 is 0.826 bits per heavy atom. The number of hydrogen-bond donors (Lipinski definition) is 1. The van der Waals surface area contributed by atoms with Crippen molar-refractivity contribution in [3.05, 3.63) is 96.7 Å². The van der Waals surface area contributed by atoms with E-state index in [0.717, 1.165) is 48.0 Å². The Balaban J connectivity index is 0.000000225. The van der Waals surface area contributed by atoms with Gasteiger partial charge in [0.2, 0.25) is 0 Å². The average molecular weight is 804 g/mol. The first kappa shape index (κ1) is 33.8. The van der Waals surface area contributed by atoms with Crippen molar-refractivity contribution in [1.29, 1.82) is 0 Å². The number of rotatable bonds is 7. The summed E-state index contributed by atoms with van der Waals surface area (Å²) in [7, 11) is 0. The second kappa shape index (κ2) is 14.5. The number of aliphatic hydroxyl groups is 1. The molecule has 0 fully saturated rings. The number of fused-ring (bicyclic) bond motifs is 7. The van der Waals surface area contributed by atoms with Crippen LogP contribution in [0.4, 0.5) is 0 Å². The first-order valence-corrected chi connectivity index (χ1v) is 16.9. The quantitative estimate of drug-likeness (QED) is 0.0753. The van der Waals surface area contributed by atoms with Gasteiger partial charge in [-0.3, -0.25) is 14.8 Å². The molecule has 0 spiro atoms. The zero-order valence-electron chi connectivity index (χ0n) is 27.0. The SMILES string of the molecule is CCC(CC)C(=O)/C=C(\O)C(CC)CC.Cc1cc2c(ccc3c4ccnc5c4c(cc23)Sc2cc3ccccc3[c-]c2-5)cn1.[Ir]. The summed E-state index contributed by atoms with van der Waals surface area (Å²) in [6.45, 7) is 10.1. The van der Waals surface area contributed by atoms with E-state index in [0.29, 0.717) is 0 Å². The predicted molar refractivity (Wildman–Crippen MR) is 189 cm³/mol. The molecule has 2 aromatic heterocycles. The molecule has 3 heterocycles. The van der Waals surface area contributed by atoms with Gasteiger partial charge in [-0.15, -0.1) is 35.3 Å². The molecule has 237 valence electrons. The summed E-state index contributed by atoms with van der Waals surface area (Å²) in [4.78, 5) is 23.5. The van der Waals surface area contributed by atoms with Crippen LogP contribution in [-0.4, -0.2) is 20.9 Å². The predicted octanol–water partition coefficient (Wildman–Crippen LogP) is 11.2. The minimum atomic E-state index is 0. The number of nitrogens with zero attached hydrogens (tertiary/aromatic N) is 2. The van der Waals surface area contributed by atoms with E-state index in [-0.39, 0.29) is 43.5 Å². The minimum absolute atomic E-state index is 0. The number of allylic oxidation sites excluding steroid dienone is 2. The van der Waals surface area contributed by atoms with Crippen LogP contribution in [-0.2, 0) is 24.9 Å². The molecule has 4 aromatic carbocycles. The molecule has 0 saturated heterocycles. The van der Waals surface area contributed by atoms with Crippen LogP contribution < -0.4 is 0 Å². The Morgan fingerprint density at radius 2 is 1.57 bits per heavy atom. The molecule has 0 unspecified atom stereocenters. The maximum absolute atomic E-state index is 11.7. The van der Waals surface area contributed by atoms with Gasteiger partial charge in [0.15, 0.2) is 5.78 Å². The molecule has 1 radical (unpaired) electrons. The van der Waals surface area contributed by atoms with Crippen LogP contribution in [0.1, 0.15) is 59.1 Å². The number of carbonyl (C=O) groups excluding carboxylic acids is 1. The van der Waals surface area contributed by atoms with E-state index in [4.69, 9.17) is 4.98 Å². The normalized spacial score (nSPS) is 12.4. The fourth-order valence-corrected chi connectivity index (χ4v) is 7.60. The molecular weight excluding hydrogens is 765 g/mol. The van der Waals surface area contributed by atoms with Gasteiger partial charge in [-0.05, 0) is 82.6 Å². The first-order chi connectivity index (χ1) is 21.9. The van der Waals surface area contributed by atoms with Gasteiger partial charge in [-0.2, -0.15) is 0 Å². The molecule has 6 heteroatoms. The van der Waals surface area contributed by atoms with E-state index in [2.05, 4.69) is 78.6 Å². The second-order valence-corrected chi connectivity index (χ2v) is 12.9. The summed E-state index contributed by atoms with van der Waals surface area (Å²) in [5.41, 5.74) is 3.19. The van der Waals surface area contributed by atoms with Crippen molar-refractivity contribution in [2.45, 2.75) is 70.1 Å². The smallest absolute Gasteiger partial charge is 0.162 e. The third-order valence-corrected chi connectivity index (χ3v) is 10.2. The molecule has 1 aliphatic heterocycles. The number of aryl methyl sites for hydroxylation is 1. The van der Waals surface area contributed by atoms with Gasteiger partial charge >= 0.3 is 0 Å². The van der Waals surface area contributed by atoms with Crippen molar-refractivity contribution in [3.63, 3.8) is 0 Å². The summed E-state index contributed by atoms with van der Waals surface area (Å²) >= 11 is 1.83. The summed E-state index contributed by atoms with van der Waals surface area (Å²) < 4.78 is 0. The molecule has 0 atom stereocenters. The van der Waals surface area contributed by atoms with Crippen LogP contribution in [0, 0.1) is 24.8 Å². The van der Waals surface area contributed by atoms with Crippen molar-refractivity contribution in [2.75, 3.05) is 0 Å². The Labute approximate surface area is 289 Å². The number of carbonyl (C=O) groups is 1. The Hall–Kier alpha value is -3.57. The Morgan fingerprint density at radius 3 is 2.30 bits per heavy atom. The van der Waals surface area contributed by atoms with Crippen LogP contribution in [0.3, 0.4) is 0 Å². The van der Waals surface area contributed by atoms with E-state index >= 15 is 0 Å². The molecule has 0 bridgehead atoms. The van der Waals surface area contributed by atoms with Crippen molar-refractivity contribution in [3.8, 4) is 11.3 Å². The summed E-state index contributed by atoms with van der Waals surface area (Å²) in [6.07, 6.45) is 8.82. The van der Waals surface area contributed by atoms with Crippen LogP contribution in [0.25, 0.3) is 54.3 Å². The monoisotopic (exact) mass is 804 g/mol. The van der Waals surface area contributed by atoms with E-state index < -0.39 is 0 Å². The van der Waals surface area contributed by atoms with Gasteiger partial charge < -0.3 is 5.11 Å². The second-order valence-electron chi connectivity index (χ2n) is 11.9. The number of aliphatic hydroxyl groups excluding tert-OH is 1. The summed E-state index contributed by atoms with van der Waals surface area (Å²) in [5.74, 6) is 0.547. The van der Waals surface area contributed by atoms with Gasteiger partial charge in [0.1, 0.15) is 0 Å². The summed E-state index contributed by atoms with van der Waals surface area (Å²) in [6, 6.07) is 25.4. The maximum atomic E-state index is 11.7. The van der Waals surface area contributed by atoms with Gasteiger partial charge in [-0.25, -0.2) is 0 Å². The van der Waals surface area contributed by atoms with Crippen molar-refractivity contribution in [1.82, 2.24) is 9.97 Å². The molecule has 4 nitrogen and oxygen atoms in total. The molecule has 46 heavy (non-hydrogen) atoms. The Kier molecular flexibility index (Phi) is 10.6. The number of pyridine rings is 2. The molecular formula is C40H39IrN2O2S-.